The van der Waals surface area contributed by atoms with Crippen molar-refractivity contribution >= 4 is 0 Å². The number of hydrogen-bond donors (Lipinski definition) is 1. The van der Waals surface area contributed by atoms with Crippen LogP contribution in [0, 0.1) is 0 Å². The largest absolute Gasteiger partial charge is 0.382 e. The van der Waals surface area contributed by atoms with Gasteiger partial charge in [-0.25, -0.2) is 0 Å². The fourth-order valence-corrected chi connectivity index (χ4v) is 0.743. The third-order valence-corrected chi connectivity index (χ3v) is 1.35. The maximum Gasteiger partial charge on any atom is 0.0928 e. The smallest absolute Gasteiger partial charge is 0.0928 e. The Kier molecular flexibility index (Phi) is 7.46. The van der Waals surface area contributed by atoms with E-state index in [1.54, 1.807) is 14.2 Å². The average Bonchev–Trinajstić information content (AvgIpc) is 2.03. The van der Waals surface area contributed by atoms with Crippen molar-refractivity contribution in [3.8, 4) is 0 Å². The molecule has 11 heavy (non-hydrogen) atoms. The maximum atomic E-state index is 5.12. The summed E-state index contributed by atoms with van der Waals surface area (Å²) >= 11 is 0. The van der Waals surface area contributed by atoms with Gasteiger partial charge in [-0.2, -0.15) is 0 Å². The van der Waals surface area contributed by atoms with E-state index in [-0.39, 0.29) is 6.10 Å². The standard InChI is InChI=1S/C8H17NO2/c1-4-5-9-6-8(11-3)7-10-2/h4,8-9H,1,5-7H2,2-3H3. The fraction of sp³-hybridized carbons (Fsp3) is 0.750. The number of hydrogen-bond acceptors (Lipinski definition) is 3. The molecule has 0 aromatic carbocycles. The lowest BCUT2D eigenvalue weighted by Crippen LogP contribution is -2.31. The monoisotopic (exact) mass is 159 g/mol. The van der Waals surface area contributed by atoms with Gasteiger partial charge >= 0.3 is 0 Å². The van der Waals surface area contributed by atoms with E-state index >= 15 is 0 Å². The van der Waals surface area contributed by atoms with Gasteiger partial charge in [0.15, 0.2) is 0 Å². The summed E-state index contributed by atoms with van der Waals surface area (Å²) in [6.07, 6.45) is 1.96. The van der Waals surface area contributed by atoms with Crippen molar-refractivity contribution in [2.45, 2.75) is 6.10 Å². The van der Waals surface area contributed by atoms with Gasteiger partial charge in [0.2, 0.25) is 0 Å². The van der Waals surface area contributed by atoms with Gasteiger partial charge in [0.05, 0.1) is 12.7 Å². The molecule has 66 valence electrons. The SMILES string of the molecule is C=CCNCC(COC)OC. The zero-order chi connectivity index (χ0) is 8.53. The van der Waals surface area contributed by atoms with Crippen LogP contribution in [-0.2, 0) is 9.47 Å². The first kappa shape index (κ1) is 10.6. The molecule has 0 rings (SSSR count). The quantitative estimate of drug-likeness (QED) is 0.431. The van der Waals surface area contributed by atoms with Crippen LogP contribution in [0.15, 0.2) is 12.7 Å². The zero-order valence-electron chi connectivity index (χ0n) is 7.30. The van der Waals surface area contributed by atoms with Crippen molar-refractivity contribution in [2.24, 2.45) is 0 Å². The topological polar surface area (TPSA) is 30.5 Å². The van der Waals surface area contributed by atoms with Crippen molar-refractivity contribution in [1.29, 1.82) is 0 Å². The number of rotatable bonds is 7. The van der Waals surface area contributed by atoms with Crippen LogP contribution in [0.25, 0.3) is 0 Å². The van der Waals surface area contributed by atoms with E-state index in [1.165, 1.54) is 0 Å². The maximum absolute atomic E-state index is 5.12. The molecule has 0 saturated heterocycles. The molecule has 1 atom stereocenters. The summed E-state index contributed by atoms with van der Waals surface area (Å²) in [5.74, 6) is 0. The highest BCUT2D eigenvalue weighted by molar-refractivity contribution is 4.71. The van der Waals surface area contributed by atoms with Crippen LogP contribution >= 0.6 is 0 Å². The van der Waals surface area contributed by atoms with E-state index in [9.17, 15) is 0 Å². The van der Waals surface area contributed by atoms with Gasteiger partial charge in [-0.3, -0.25) is 0 Å². The van der Waals surface area contributed by atoms with Crippen LogP contribution in [0.2, 0.25) is 0 Å². The van der Waals surface area contributed by atoms with Crippen molar-refractivity contribution in [2.75, 3.05) is 33.9 Å². The Balaban J connectivity index is 3.27. The van der Waals surface area contributed by atoms with Crippen molar-refractivity contribution in [3.05, 3.63) is 12.7 Å². The van der Waals surface area contributed by atoms with Crippen LogP contribution in [0.4, 0.5) is 0 Å². The predicted octanol–water partition coefficient (Wildman–Crippen LogP) is 0.423. The molecule has 0 aliphatic heterocycles. The van der Waals surface area contributed by atoms with Gasteiger partial charge in [-0.1, -0.05) is 6.08 Å². The summed E-state index contributed by atoms with van der Waals surface area (Å²) in [5, 5.41) is 3.15. The van der Waals surface area contributed by atoms with Gasteiger partial charge in [-0.15, -0.1) is 6.58 Å². The summed E-state index contributed by atoms with van der Waals surface area (Å²) in [6.45, 7) is 5.83. The molecule has 3 heteroatoms. The lowest BCUT2D eigenvalue weighted by molar-refractivity contribution is 0.0295. The Hall–Kier alpha value is -0.380. The Morgan fingerprint density at radius 3 is 2.73 bits per heavy atom. The lowest BCUT2D eigenvalue weighted by atomic mass is 10.3. The minimum absolute atomic E-state index is 0.139. The van der Waals surface area contributed by atoms with Crippen LogP contribution in [0.1, 0.15) is 0 Å². The molecule has 1 N–H and O–H groups in total. The van der Waals surface area contributed by atoms with Gasteiger partial charge in [-0.05, 0) is 0 Å². The highest BCUT2D eigenvalue weighted by atomic mass is 16.5. The van der Waals surface area contributed by atoms with Crippen LogP contribution in [0.5, 0.6) is 0 Å². The number of nitrogens with one attached hydrogen (secondary N) is 1. The number of ether oxygens (including phenoxy) is 2. The summed E-state index contributed by atoms with van der Waals surface area (Å²) in [4.78, 5) is 0. The third kappa shape index (κ3) is 6.04. The van der Waals surface area contributed by atoms with Crippen LogP contribution in [-0.4, -0.2) is 40.0 Å². The Bertz CT molecular complexity index is 96.1. The lowest BCUT2D eigenvalue weighted by Gasteiger charge is -2.13. The van der Waals surface area contributed by atoms with E-state index in [2.05, 4.69) is 11.9 Å². The third-order valence-electron chi connectivity index (χ3n) is 1.35. The van der Waals surface area contributed by atoms with E-state index in [1.807, 2.05) is 6.08 Å². The Morgan fingerprint density at radius 2 is 2.27 bits per heavy atom. The predicted molar refractivity (Wildman–Crippen MR) is 45.7 cm³/mol. The Labute approximate surface area is 68.4 Å². The molecular formula is C8H17NO2. The minimum Gasteiger partial charge on any atom is -0.382 e. The summed E-state index contributed by atoms with van der Waals surface area (Å²) < 4.78 is 10.1. The van der Waals surface area contributed by atoms with E-state index in [0.29, 0.717) is 6.61 Å². The summed E-state index contributed by atoms with van der Waals surface area (Å²) in [5.41, 5.74) is 0. The molecule has 0 bridgehead atoms. The summed E-state index contributed by atoms with van der Waals surface area (Å²) in [7, 11) is 3.35. The van der Waals surface area contributed by atoms with E-state index in [4.69, 9.17) is 9.47 Å². The normalized spacial score (nSPS) is 12.9. The molecule has 0 aliphatic carbocycles. The fourth-order valence-electron chi connectivity index (χ4n) is 0.743. The number of methoxy groups -OCH3 is 2. The van der Waals surface area contributed by atoms with E-state index in [0.717, 1.165) is 13.1 Å². The van der Waals surface area contributed by atoms with Crippen LogP contribution < -0.4 is 5.32 Å². The molecule has 0 fully saturated rings. The second-order valence-electron chi connectivity index (χ2n) is 2.26. The molecule has 0 aromatic rings. The van der Waals surface area contributed by atoms with Gasteiger partial charge in [0.1, 0.15) is 0 Å². The minimum atomic E-state index is 0.139. The van der Waals surface area contributed by atoms with Crippen molar-refractivity contribution in [1.82, 2.24) is 5.32 Å². The summed E-state index contributed by atoms with van der Waals surface area (Å²) in [6, 6.07) is 0. The van der Waals surface area contributed by atoms with Gasteiger partial charge < -0.3 is 14.8 Å². The molecule has 0 amide bonds. The first-order chi connectivity index (χ1) is 5.35. The molecule has 0 heterocycles. The molecule has 0 saturated carbocycles. The second-order valence-corrected chi connectivity index (χ2v) is 2.26. The van der Waals surface area contributed by atoms with Crippen LogP contribution in [0.3, 0.4) is 0 Å². The highest BCUT2D eigenvalue weighted by Gasteiger charge is 2.03. The zero-order valence-corrected chi connectivity index (χ0v) is 7.30. The Morgan fingerprint density at radius 1 is 1.55 bits per heavy atom. The molecule has 1 unspecified atom stereocenters. The molecule has 3 nitrogen and oxygen atoms in total. The molecule has 0 radical (unpaired) electrons. The molecule has 0 spiro atoms. The van der Waals surface area contributed by atoms with Gasteiger partial charge in [0.25, 0.3) is 0 Å². The van der Waals surface area contributed by atoms with E-state index < -0.39 is 0 Å². The van der Waals surface area contributed by atoms with Gasteiger partial charge in [0, 0.05) is 27.3 Å². The molecule has 0 aromatic heterocycles. The first-order valence-corrected chi connectivity index (χ1v) is 3.68. The molecule has 0 aliphatic rings. The first-order valence-electron chi connectivity index (χ1n) is 3.68. The van der Waals surface area contributed by atoms with Crippen molar-refractivity contribution in [3.63, 3.8) is 0 Å². The second kappa shape index (κ2) is 7.72. The molecular weight excluding hydrogens is 142 g/mol. The van der Waals surface area contributed by atoms with Crippen molar-refractivity contribution < 1.29 is 9.47 Å². The average molecular weight is 159 g/mol. The highest BCUT2D eigenvalue weighted by Crippen LogP contribution is 1.87.